The fourth-order valence-corrected chi connectivity index (χ4v) is 2.33. The summed E-state index contributed by atoms with van der Waals surface area (Å²) in [6.45, 7) is 0. The summed E-state index contributed by atoms with van der Waals surface area (Å²) < 4.78 is 0. The third-order valence-electron chi connectivity index (χ3n) is 3.42. The fraction of sp³-hybridized carbons (Fsp3) is 0. The lowest BCUT2D eigenvalue weighted by atomic mass is 10.1. The molecule has 24 heavy (non-hydrogen) atoms. The van der Waals surface area contributed by atoms with Crippen molar-refractivity contribution in [2.75, 3.05) is 0 Å². The summed E-state index contributed by atoms with van der Waals surface area (Å²) in [4.78, 5) is 19.0. The van der Waals surface area contributed by atoms with Crippen LogP contribution in [-0.2, 0) is 0 Å². The second-order valence-corrected chi connectivity index (χ2v) is 5.35. The minimum absolute atomic E-state index is 0.0136. The van der Waals surface area contributed by atoms with Crippen molar-refractivity contribution in [1.82, 2.24) is 9.97 Å². The van der Waals surface area contributed by atoms with Gasteiger partial charge in [0.2, 0.25) is 0 Å². The van der Waals surface area contributed by atoms with Crippen molar-refractivity contribution in [3.8, 4) is 34.9 Å². The Morgan fingerprint density at radius 3 is 2.25 bits per heavy atom. The minimum Gasteiger partial charge on any atom is -0.258 e. The van der Waals surface area contributed by atoms with Gasteiger partial charge in [0.1, 0.15) is 5.69 Å². The van der Waals surface area contributed by atoms with Crippen molar-refractivity contribution in [3.05, 3.63) is 75.6 Å². The number of terminal acetylenes is 1. The number of benzene rings is 2. The van der Waals surface area contributed by atoms with Crippen LogP contribution >= 0.6 is 11.6 Å². The minimum atomic E-state index is -0.452. The van der Waals surface area contributed by atoms with E-state index in [1.54, 1.807) is 30.5 Å². The number of halogens is 1. The predicted molar refractivity (Wildman–Crippen MR) is 92.5 cm³/mol. The molecule has 0 amide bonds. The Bertz CT molecular complexity index is 945. The van der Waals surface area contributed by atoms with Crippen LogP contribution in [-0.4, -0.2) is 14.9 Å². The molecule has 116 valence electrons. The Balaban J connectivity index is 2.02. The van der Waals surface area contributed by atoms with Gasteiger partial charge in [0.05, 0.1) is 4.92 Å². The maximum Gasteiger partial charge on any atom is 0.269 e. The summed E-state index contributed by atoms with van der Waals surface area (Å²) in [6, 6.07) is 13.2. The normalized spacial score (nSPS) is 10.2. The van der Waals surface area contributed by atoms with E-state index in [2.05, 4.69) is 15.9 Å². The highest BCUT2D eigenvalue weighted by Crippen LogP contribution is 2.26. The highest BCUT2D eigenvalue weighted by Gasteiger charge is 2.11. The molecule has 5 nitrogen and oxygen atoms in total. The van der Waals surface area contributed by atoms with Crippen molar-refractivity contribution in [1.29, 1.82) is 0 Å². The van der Waals surface area contributed by atoms with Crippen LogP contribution in [0.5, 0.6) is 0 Å². The van der Waals surface area contributed by atoms with Gasteiger partial charge in [0, 0.05) is 34.5 Å². The average molecular weight is 336 g/mol. The van der Waals surface area contributed by atoms with Gasteiger partial charge < -0.3 is 0 Å². The molecule has 3 aromatic rings. The summed E-state index contributed by atoms with van der Waals surface area (Å²) in [5.41, 5.74) is 2.59. The van der Waals surface area contributed by atoms with E-state index in [1.807, 2.05) is 12.1 Å². The quantitative estimate of drug-likeness (QED) is 0.405. The Kier molecular flexibility index (Phi) is 4.23. The van der Waals surface area contributed by atoms with Gasteiger partial charge in [0.15, 0.2) is 5.82 Å². The highest BCUT2D eigenvalue weighted by molar-refractivity contribution is 6.30. The molecule has 0 spiro atoms. The molecule has 0 bridgehead atoms. The second kappa shape index (κ2) is 6.49. The van der Waals surface area contributed by atoms with Crippen LogP contribution in [0.15, 0.2) is 54.7 Å². The molecule has 0 radical (unpaired) electrons. The SMILES string of the molecule is C#Cc1nc(-c2ccc(Cl)cc2)ncc1-c1ccc([N+](=O)[O-])cc1. The van der Waals surface area contributed by atoms with Crippen LogP contribution in [0, 0.1) is 22.5 Å². The molecule has 0 aliphatic carbocycles. The number of nitro benzene ring substituents is 1. The van der Waals surface area contributed by atoms with Crippen LogP contribution in [0.1, 0.15) is 5.69 Å². The maximum atomic E-state index is 10.7. The van der Waals surface area contributed by atoms with Gasteiger partial charge in [-0.2, -0.15) is 0 Å². The van der Waals surface area contributed by atoms with Crippen LogP contribution in [0.3, 0.4) is 0 Å². The lowest BCUT2D eigenvalue weighted by Gasteiger charge is -2.07. The Hall–Kier alpha value is -3.23. The van der Waals surface area contributed by atoms with E-state index in [9.17, 15) is 10.1 Å². The number of non-ortho nitro benzene ring substituents is 1. The zero-order valence-corrected chi connectivity index (χ0v) is 13.1. The van der Waals surface area contributed by atoms with Gasteiger partial charge >= 0.3 is 0 Å². The molecule has 0 fully saturated rings. The smallest absolute Gasteiger partial charge is 0.258 e. The first kappa shape index (κ1) is 15.7. The Labute approximate surface area is 143 Å². The predicted octanol–water partition coefficient (Wildman–Crippen LogP) is 4.35. The van der Waals surface area contributed by atoms with Crippen LogP contribution in [0.2, 0.25) is 5.02 Å². The third-order valence-corrected chi connectivity index (χ3v) is 3.67. The van der Waals surface area contributed by atoms with Crippen molar-refractivity contribution < 1.29 is 4.92 Å². The monoisotopic (exact) mass is 335 g/mol. The Morgan fingerprint density at radius 2 is 1.67 bits per heavy atom. The fourth-order valence-electron chi connectivity index (χ4n) is 2.20. The first-order valence-corrected chi connectivity index (χ1v) is 7.30. The first-order valence-electron chi connectivity index (χ1n) is 6.93. The molecular formula is C18H10ClN3O2. The largest absolute Gasteiger partial charge is 0.269 e. The molecule has 0 saturated heterocycles. The van der Waals surface area contributed by atoms with E-state index in [4.69, 9.17) is 18.0 Å². The van der Waals surface area contributed by atoms with Gasteiger partial charge in [0.25, 0.3) is 5.69 Å². The molecule has 0 aliphatic heterocycles. The number of hydrogen-bond donors (Lipinski definition) is 0. The molecule has 0 unspecified atom stereocenters. The molecule has 1 aromatic heterocycles. The van der Waals surface area contributed by atoms with E-state index in [0.29, 0.717) is 22.1 Å². The number of nitrogens with zero attached hydrogens (tertiary/aromatic N) is 3. The molecular weight excluding hydrogens is 326 g/mol. The highest BCUT2D eigenvalue weighted by atomic mass is 35.5. The summed E-state index contributed by atoms with van der Waals surface area (Å²) in [7, 11) is 0. The molecule has 6 heteroatoms. The van der Waals surface area contributed by atoms with Crippen molar-refractivity contribution >= 4 is 17.3 Å². The first-order chi connectivity index (χ1) is 11.6. The van der Waals surface area contributed by atoms with Gasteiger partial charge in [-0.15, -0.1) is 6.42 Å². The standard InChI is InChI=1S/C18H10ClN3O2/c1-2-17-16(12-5-9-15(10-6-12)22(23)24)11-20-18(21-17)13-3-7-14(19)8-4-13/h1,3-11H. The van der Waals surface area contributed by atoms with Gasteiger partial charge in [-0.25, -0.2) is 9.97 Å². The molecule has 2 aromatic carbocycles. The van der Waals surface area contributed by atoms with Gasteiger partial charge in [-0.3, -0.25) is 10.1 Å². The summed E-state index contributed by atoms with van der Waals surface area (Å²) in [6.07, 6.45) is 7.19. The zero-order chi connectivity index (χ0) is 17.1. The molecule has 0 aliphatic rings. The van der Waals surface area contributed by atoms with E-state index >= 15 is 0 Å². The van der Waals surface area contributed by atoms with Crippen LogP contribution < -0.4 is 0 Å². The van der Waals surface area contributed by atoms with Gasteiger partial charge in [-0.1, -0.05) is 11.6 Å². The van der Waals surface area contributed by atoms with Crippen LogP contribution in [0.25, 0.3) is 22.5 Å². The Morgan fingerprint density at radius 1 is 1.04 bits per heavy atom. The molecule has 0 N–H and O–H groups in total. The van der Waals surface area contributed by atoms with Gasteiger partial charge in [-0.05, 0) is 47.9 Å². The van der Waals surface area contributed by atoms with E-state index in [1.165, 1.54) is 12.1 Å². The second-order valence-electron chi connectivity index (χ2n) is 4.91. The number of hydrogen-bond acceptors (Lipinski definition) is 4. The van der Waals surface area contributed by atoms with Crippen LogP contribution in [0.4, 0.5) is 5.69 Å². The number of nitro groups is 1. The van der Waals surface area contributed by atoms with Crippen molar-refractivity contribution in [2.45, 2.75) is 0 Å². The molecule has 3 rings (SSSR count). The van der Waals surface area contributed by atoms with Crippen molar-refractivity contribution in [3.63, 3.8) is 0 Å². The van der Waals surface area contributed by atoms with E-state index in [-0.39, 0.29) is 5.69 Å². The third kappa shape index (κ3) is 3.09. The molecule has 0 atom stereocenters. The average Bonchev–Trinajstić information content (AvgIpc) is 2.62. The molecule has 1 heterocycles. The lowest BCUT2D eigenvalue weighted by Crippen LogP contribution is -1.96. The molecule has 0 saturated carbocycles. The summed E-state index contributed by atoms with van der Waals surface area (Å²) >= 11 is 5.88. The zero-order valence-electron chi connectivity index (χ0n) is 12.3. The number of rotatable bonds is 3. The summed E-state index contributed by atoms with van der Waals surface area (Å²) in [5, 5.41) is 11.4. The topological polar surface area (TPSA) is 68.9 Å². The van der Waals surface area contributed by atoms with E-state index < -0.39 is 4.92 Å². The van der Waals surface area contributed by atoms with E-state index in [0.717, 1.165) is 11.1 Å². The maximum absolute atomic E-state index is 10.7. The van der Waals surface area contributed by atoms with Crippen molar-refractivity contribution in [2.24, 2.45) is 0 Å². The summed E-state index contributed by atoms with van der Waals surface area (Å²) in [5.74, 6) is 3.03. The lowest BCUT2D eigenvalue weighted by molar-refractivity contribution is -0.384. The number of aromatic nitrogens is 2.